The van der Waals surface area contributed by atoms with Gasteiger partial charge in [-0.3, -0.25) is 0 Å². The van der Waals surface area contributed by atoms with Gasteiger partial charge in [-0.25, -0.2) is 17.8 Å². The van der Waals surface area contributed by atoms with Crippen molar-refractivity contribution in [3.8, 4) is 17.1 Å². The Hall–Kier alpha value is -2.93. The van der Waals surface area contributed by atoms with E-state index in [0.717, 1.165) is 11.1 Å². The number of nitrogens with zero attached hydrogens (tertiary/aromatic N) is 1. The average Bonchev–Trinajstić information content (AvgIpc) is 3.01. The molecule has 2 aromatic carbocycles. The molecule has 29 heavy (non-hydrogen) atoms. The van der Waals surface area contributed by atoms with Crippen LogP contribution >= 0.6 is 0 Å². The highest BCUT2D eigenvalue weighted by Gasteiger charge is 2.23. The standard InChI is InChI=1S/C22H21FN2O3S/c1-13-4-5-15(8-14(13)2)19-10-16-9-17(23)11-20(21(16)22(25-19)28-3)24-18-6-7-29(26,27)12-18/h4-11,18,24H,12H2,1-3H3/t18-/m1/s1. The van der Waals surface area contributed by atoms with Gasteiger partial charge in [-0.05, 0) is 54.6 Å². The highest BCUT2D eigenvalue weighted by molar-refractivity contribution is 7.94. The van der Waals surface area contributed by atoms with Crippen LogP contribution in [-0.4, -0.2) is 32.3 Å². The van der Waals surface area contributed by atoms with E-state index in [1.807, 2.05) is 38.1 Å². The smallest absolute Gasteiger partial charge is 0.223 e. The Kier molecular flexibility index (Phi) is 4.78. The molecule has 1 aliphatic heterocycles. The van der Waals surface area contributed by atoms with E-state index in [0.29, 0.717) is 28.0 Å². The van der Waals surface area contributed by atoms with E-state index in [2.05, 4.69) is 10.3 Å². The average molecular weight is 412 g/mol. The molecule has 0 radical (unpaired) electrons. The van der Waals surface area contributed by atoms with Crippen LogP contribution in [0.2, 0.25) is 0 Å². The number of anilines is 1. The number of methoxy groups -OCH3 is 1. The highest BCUT2D eigenvalue weighted by atomic mass is 32.2. The van der Waals surface area contributed by atoms with Crippen LogP contribution in [0.25, 0.3) is 22.0 Å². The third-order valence-corrected chi connectivity index (χ3v) is 6.52. The maximum Gasteiger partial charge on any atom is 0.223 e. The SMILES string of the molecule is COc1nc(-c2ccc(C)c(C)c2)cc2cc(F)cc(N[C@@H]3C=CS(=O)(=O)C3)c12. The first-order valence-electron chi connectivity index (χ1n) is 9.19. The molecule has 3 aromatic rings. The second kappa shape index (κ2) is 7.15. The molecule has 0 fully saturated rings. The van der Waals surface area contributed by atoms with Crippen molar-refractivity contribution in [1.29, 1.82) is 0 Å². The molecule has 0 bridgehead atoms. The van der Waals surface area contributed by atoms with Gasteiger partial charge in [-0.1, -0.05) is 18.2 Å². The Bertz CT molecular complexity index is 1250. The first-order valence-corrected chi connectivity index (χ1v) is 10.9. The normalized spacial score (nSPS) is 17.6. The largest absolute Gasteiger partial charge is 0.480 e. The van der Waals surface area contributed by atoms with Gasteiger partial charge in [0.2, 0.25) is 5.88 Å². The summed E-state index contributed by atoms with van der Waals surface area (Å²) < 4.78 is 43.3. The number of hydrogen-bond acceptors (Lipinski definition) is 5. The fraction of sp³-hybridized carbons (Fsp3) is 0.227. The Morgan fingerprint density at radius 1 is 1.14 bits per heavy atom. The number of rotatable bonds is 4. The fourth-order valence-corrected chi connectivity index (χ4v) is 4.74. The van der Waals surface area contributed by atoms with Crippen LogP contribution in [0.4, 0.5) is 10.1 Å². The number of benzene rings is 2. The molecular formula is C22H21FN2O3S. The molecule has 2 heterocycles. The van der Waals surface area contributed by atoms with Gasteiger partial charge in [0.15, 0.2) is 9.84 Å². The Morgan fingerprint density at radius 2 is 1.93 bits per heavy atom. The molecule has 1 N–H and O–H groups in total. The van der Waals surface area contributed by atoms with E-state index >= 15 is 0 Å². The number of nitrogens with one attached hydrogen (secondary N) is 1. The number of pyridine rings is 1. The van der Waals surface area contributed by atoms with Gasteiger partial charge in [-0.15, -0.1) is 0 Å². The van der Waals surface area contributed by atoms with Crippen molar-refractivity contribution >= 4 is 26.3 Å². The Balaban J connectivity index is 1.84. The van der Waals surface area contributed by atoms with Crippen molar-refractivity contribution in [3.63, 3.8) is 0 Å². The van der Waals surface area contributed by atoms with Crippen LogP contribution in [0.1, 0.15) is 11.1 Å². The van der Waals surface area contributed by atoms with Crippen molar-refractivity contribution in [2.75, 3.05) is 18.2 Å². The lowest BCUT2D eigenvalue weighted by Gasteiger charge is -2.17. The third kappa shape index (κ3) is 3.82. The van der Waals surface area contributed by atoms with Crippen LogP contribution in [0.5, 0.6) is 5.88 Å². The van der Waals surface area contributed by atoms with Crippen LogP contribution in [-0.2, 0) is 9.84 Å². The minimum Gasteiger partial charge on any atom is -0.480 e. The number of halogens is 1. The van der Waals surface area contributed by atoms with E-state index in [-0.39, 0.29) is 5.75 Å². The zero-order chi connectivity index (χ0) is 20.8. The predicted octanol–water partition coefficient (Wildman–Crippen LogP) is 4.39. The van der Waals surface area contributed by atoms with E-state index in [1.165, 1.54) is 30.2 Å². The molecule has 1 aromatic heterocycles. The number of aromatic nitrogens is 1. The van der Waals surface area contributed by atoms with Crippen molar-refractivity contribution in [2.45, 2.75) is 19.9 Å². The van der Waals surface area contributed by atoms with Gasteiger partial charge in [0.05, 0.1) is 35.7 Å². The number of aryl methyl sites for hydroxylation is 2. The molecule has 1 aliphatic rings. The topological polar surface area (TPSA) is 68.3 Å². The summed E-state index contributed by atoms with van der Waals surface area (Å²) in [6.45, 7) is 4.07. The zero-order valence-electron chi connectivity index (χ0n) is 16.4. The fourth-order valence-electron chi connectivity index (χ4n) is 3.50. The number of ether oxygens (including phenoxy) is 1. The monoisotopic (exact) mass is 412 g/mol. The van der Waals surface area contributed by atoms with Gasteiger partial charge < -0.3 is 10.1 Å². The van der Waals surface area contributed by atoms with Crippen molar-refractivity contribution in [3.05, 3.63) is 64.8 Å². The molecule has 0 amide bonds. The lowest BCUT2D eigenvalue weighted by atomic mass is 10.0. The molecule has 0 spiro atoms. The number of hydrogen-bond donors (Lipinski definition) is 1. The molecular weight excluding hydrogens is 391 g/mol. The van der Waals surface area contributed by atoms with Gasteiger partial charge in [-0.2, -0.15) is 0 Å². The second-order valence-corrected chi connectivity index (χ2v) is 9.21. The summed E-state index contributed by atoms with van der Waals surface area (Å²) in [5.74, 6) is -0.145. The number of fused-ring (bicyclic) bond motifs is 1. The summed E-state index contributed by atoms with van der Waals surface area (Å²) in [6.07, 6.45) is 1.56. The quantitative estimate of drug-likeness (QED) is 0.688. The van der Waals surface area contributed by atoms with Gasteiger partial charge in [0.1, 0.15) is 5.82 Å². The molecule has 5 nitrogen and oxygen atoms in total. The minimum atomic E-state index is -3.23. The molecule has 0 aliphatic carbocycles. The van der Waals surface area contributed by atoms with Crippen molar-refractivity contribution in [1.82, 2.24) is 4.98 Å². The Morgan fingerprint density at radius 3 is 2.59 bits per heavy atom. The molecule has 0 saturated heterocycles. The first kappa shape index (κ1) is 19.4. The first-order chi connectivity index (χ1) is 13.8. The molecule has 0 saturated carbocycles. The minimum absolute atomic E-state index is 0.0680. The third-order valence-electron chi connectivity index (χ3n) is 5.13. The van der Waals surface area contributed by atoms with Gasteiger partial charge in [0, 0.05) is 11.0 Å². The lowest BCUT2D eigenvalue weighted by molar-refractivity contribution is 0.404. The van der Waals surface area contributed by atoms with Crippen LogP contribution in [0, 0.1) is 19.7 Å². The summed E-state index contributed by atoms with van der Waals surface area (Å²) in [7, 11) is -1.72. The van der Waals surface area contributed by atoms with E-state index in [9.17, 15) is 12.8 Å². The Labute approximate surface area is 169 Å². The van der Waals surface area contributed by atoms with Crippen LogP contribution in [0.15, 0.2) is 47.9 Å². The van der Waals surface area contributed by atoms with Crippen LogP contribution in [0.3, 0.4) is 0 Å². The summed E-state index contributed by atoms with van der Waals surface area (Å²) in [4.78, 5) is 4.63. The molecule has 7 heteroatoms. The molecule has 4 rings (SSSR count). The summed E-state index contributed by atoms with van der Waals surface area (Å²) in [5, 5.41) is 5.52. The van der Waals surface area contributed by atoms with Gasteiger partial charge >= 0.3 is 0 Å². The second-order valence-electron chi connectivity index (χ2n) is 7.28. The molecule has 1 atom stereocenters. The summed E-state index contributed by atoms with van der Waals surface area (Å²) in [6, 6.07) is 10.2. The van der Waals surface area contributed by atoms with E-state index in [4.69, 9.17) is 4.74 Å². The molecule has 0 unspecified atom stereocenters. The van der Waals surface area contributed by atoms with E-state index < -0.39 is 21.7 Å². The maximum absolute atomic E-state index is 14.4. The van der Waals surface area contributed by atoms with Crippen LogP contribution < -0.4 is 10.1 Å². The molecule has 150 valence electrons. The summed E-state index contributed by atoms with van der Waals surface area (Å²) in [5.41, 5.74) is 4.36. The van der Waals surface area contributed by atoms with E-state index in [1.54, 1.807) is 6.08 Å². The zero-order valence-corrected chi connectivity index (χ0v) is 17.2. The predicted molar refractivity (Wildman–Crippen MR) is 114 cm³/mol. The van der Waals surface area contributed by atoms with Gasteiger partial charge in [0.25, 0.3) is 0 Å². The summed E-state index contributed by atoms with van der Waals surface area (Å²) >= 11 is 0. The maximum atomic E-state index is 14.4. The lowest BCUT2D eigenvalue weighted by Crippen LogP contribution is -2.21. The number of sulfone groups is 1. The van der Waals surface area contributed by atoms with Crippen molar-refractivity contribution < 1.29 is 17.5 Å². The van der Waals surface area contributed by atoms with Crippen molar-refractivity contribution in [2.24, 2.45) is 0 Å². The highest BCUT2D eigenvalue weighted by Crippen LogP contribution is 2.36.